The van der Waals surface area contributed by atoms with Gasteiger partial charge in [-0.2, -0.15) is 0 Å². The maximum Gasteiger partial charge on any atom is 0.0930 e. The lowest BCUT2D eigenvalue weighted by atomic mass is 10.2. The molecule has 0 fully saturated rings. The number of nitrogens with two attached hydrogens (primary N) is 1. The average molecular weight is 209 g/mol. The molecule has 84 valence electrons. The predicted molar refractivity (Wildman–Crippen MR) is 60.6 cm³/mol. The second-order valence-electron chi connectivity index (χ2n) is 3.31. The lowest BCUT2D eigenvalue weighted by Gasteiger charge is -2.14. The quantitative estimate of drug-likeness (QED) is 0.741. The van der Waals surface area contributed by atoms with Crippen molar-refractivity contribution >= 4 is 0 Å². The van der Waals surface area contributed by atoms with Crippen LogP contribution >= 0.6 is 0 Å². The summed E-state index contributed by atoms with van der Waals surface area (Å²) in [6.07, 6.45) is 0.0127. The lowest BCUT2D eigenvalue weighted by molar-refractivity contribution is -0.0120. The molecule has 0 bridgehead atoms. The van der Waals surface area contributed by atoms with Crippen LogP contribution < -0.4 is 5.73 Å². The number of benzene rings is 1. The van der Waals surface area contributed by atoms with Gasteiger partial charge in [0, 0.05) is 13.2 Å². The third kappa shape index (κ3) is 4.93. The van der Waals surface area contributed by atoms with Crippen LogP contribution in [0.2, 0.25) is 0 Å². The fraction of sp³-hybridized carbons (Fsp3) is 0.500. The van der Waals surface area contributed by atoms with E-state index in [2.05, 4.69) is 0 Å². The van der Waals surface area contributed by atoms with E-state index in [1.165, 1.54) is 5.56 Å². The zero-order valence-corrected chi connectivity index (χ0v) is 9.19. The molecule has 0 heterocycles. The first kappa shape index (κ1) is 12.2. The van der Waals surface area contributed by atoms with Gasteiger partial charge in [-0.15, -0.1) is 0 Å². The molecule has 0 aliphatic carbocycles. The molecule has 1 aromatic rings. The van der Waals surface area contributed by atoms with E-state index in [1.807, 2.05) is 37.3 Å². The maximum atomic E-state index is 5.53. The van der Waals surface area contributed by atoms with Gasteiger partial charge >= 0.3 is 0 Å². The van der Waals surface area contributed by atoms with Gasteiger partial charge < -0.3 is 15.2 Å². The SMILES string of the molecule is CCOC(CN)COCc1ccccc1. The molecule has 0 saturated heterocycles. The van der Waals surface area contributed by atoms with E-state index in [9.17, 15) is 0 Å². The Kier molecular flexibility index (Phi) is 6.00. The van der Waals surface area contributed by atoms with Gasteiger partial charge in [0.1, 0.15) is 0 Å². The van der Waals surface area contributed by atoms with Crippen LogP contribution in [0.4, 0.5) is 0 Å². The molecule has 0 aliphatic rings. The van der Waals surface area contributed by atoms with E-state index in [-0.39, 0.29) is 6.10 Å². The zero-order chi connectivity index (χ0) is 10.9. The molecule has 1 atom stereocenters. The monoisotopic (exact) mass is 209 g/mol. The van der Waals surface area contributed by atoms with Crippen molar-refractivity contribution in [1.29, 1.82) is 0 Å². The van der Waals surface area contributed by atoms with Crippen molar-refractivity contribution in [2.24, 2.45) is 5.73 Å². The fourth-order valence-corrected chi connectivity index (χ4v) is 1.30. The Morgan fingerprint density at radius 2 is 2.00 bits per heavy atom. The fourth-order valence-electron chi connectivity index (χ4n) is 1.30. The maximum absolute atomic E-state index is 5.53. The van der Waals surface area contributed by atoms with Crippen molar-refractivity contribution in [3.63, 3.8) is 0 Å². The predicted octanol–water partition coefficient (Wildman–Crippen LogP) is 1.57. The molecule has 3 heteroatoms. The topological polar surface area (TPSA) is 44.5 Å². The highest BCUT2D eigenvalue weighted by Gasteiger charge is 2.05. The summed E-state index contributed by atoms with van der Waals surface area (Å²) in [6, 6.07) is 10.1. The Hall–Kier alpha value is -0.900. The summed E-state index contributed by atoms with van der Waals surface area (Å²) < 4.78 is 10.9. The first-order chi connectivity index (χ1) is 7.36. The minimum Gasteiger partial charge on any atom is -0.375 e. The molecule has 1 aromatic carbocycles. The van der Waals surface area contributed by atoms with Crippen LogP contribution in [0.3, 0.4) is 0 Å². The molecule has 0 amide bonds. The smallest absolute Gasteiger partial charge is 0.0930 e. The average Bonchev–Trinajstić information content (AvgIpc) is 2.29. The van der Waals surface area contributed by atoms with Gasteiger partial charge in [0.15, 0.2) is 0 Å². The van der Waals surface area contributed by atoms with Gasteiger partial charge in [0.2, 0.25) is 0 Å². The Bertz CT molecular complexity index is 251. The zero-order valence-electron chi connectivity index (χ0n) is 9.19. The third-order valence-corrected chi connectivity index (χ3v) is 2.08. The summed E-state index contributed by atoms with van der Waals surface area (Å²) in [5.41, 5.74) is 6.70. The minimum absolute atomic E-state index is 0.0127. The van der Waals surface area contributed by atoms with Crippen LogP contribution in [0.1, 0.15) is 12.5 Å². The van der Waals surface area contributed by atoms with Crippen molar-refractivity contribution < 1.29 is 9.47 Å². The molecular formula is C12H19NO2. The molecule has 3 nitrogen and oxygen atoms in total. The molecular weight excluding hydrogens is 190 g/mol. The van der Waals surface area contributed by atoms with Gasteiger partial charge in [0.05, 0.1) is 19.3 Å². The van der Waals surface area contributed by atoms with Crippen LogP contribution in [0.25, 0.3) is 0 Å². The summed E-state index contributed by atoms with van der Waals surface area (Å²) >= 11 is 0. The summed E-state index contributed by atoms with van der Waals surface area (Å²) in [5.74, 6) is 0. The highest BCUT2D eigenvalue weighted by molar-refractivity contribution is 5.13. The van der Waals surface area contributed by atoms with Gasteiger partial charge in [-0.25, -0.2) is 0 Å². The summed E-state index contributed by atoms with van der Waals surface area (Å²) in [6.45, 7) is 4.31. The van der Waals surface area contributed by atoms with Crippen LogP contribution in [0.15, 0.2) is 30.3 Å². The Labute approximate surface area is 91.2 Å². The first-order valence-electron chi connectivity index (χ1n) is 5.30. The lowest BCUT2D eigenvalue weighted by Crippen LogP contribution is -2.28. The highest BCUT2D eigenvalue weighted by Crippen LogP contribution is 2.01. The number of hydrogen-bond donors (Lipinski definition) is 1. The summed E-state index contributed by atoms with van der Waals surface area (Å²) in [5, 5.41) is 0. The van der Waals surface area contributed by atoms with Gasteiger partial charge in [0.25, 0.3) is 0 Å². The molecule has 1 unspecified atom stereocenters. The second kappa shape index (κ2) is 7.40. The number of hydrogen-bond acceptors (Lipinski definition) is 3. The van der Waals surface area contributed by atoms with E-state index in [0.717, 1.165) is 0 Å². The Balaban J connectivity index is 2.20. The number of rotatable bonds is 7. The van der Waals surface area contributed by atoms with E-state index in [1.54, 1.807) is 0 Å². The third-order valence-electron chi connectivity index (χ3n) is 2.08. The molecule has 1 rings (SSSR count). The summed E-state index contributed by atoms with van der Waals surface area (Å²) in [7, 11) is 0. The Morgan fingerprint density at radius 1 is 1.27 bits per heavy atom. The van der Waals surface area contributed by atoms with Crippen LogP contribution in [0.5, 0.6) is 0 Å². The second-order valence-corrected chi connectivity index (χ2v) is 3.31. The van der Waals surface area contributed by atoms with Gasteiger partial charge in [-0.05, 0) is 12.5 Å². The van der Waals surface area contributed by atoms with Crippen molar-refractivity contribution in [3.8, 4) is 0 Å². The van der Waals surface area contributed by atoms with Crippen molar-refractivity contribution in [1.82, 2.24) is 0 Å². The number of ether oxygens (including phenoxy) is 2. The van der Waals surface area contributed by atoms with Crippen molar-refractivity contribution in [2.45, 2.75) is 19.6 Å². The van der Waals surface area contributed by atoms with Crippen molar-refractivity contribution in [2.75, 3.05) is 19.8 Å². The van der Waals surface area contributed by atoms with Gasteiger partial charge in [-0.3, -0.25) is 0 Å². The molecule has 0 aliphatic heterocycles. The normalized spacial score (nSPS) is 12.7. The largest absolute Gasteiger partial charge is 0.375 e. The Morgan fingerprint density at radius 3 is 2.60 bits per heavy atom. The van der Waals surface area contributed by atoms with Gasteiger partial charge in [-0.1, -0.05) is 30.3 Å². The van der Waals surface area contributed by atoms with E-state index >= 15 is 0 Å². The van der Waals surface area contributed by atoms with E-state index in [4.69, 9.17) is 15.2 Å². The molecule has 15 heavy (non-hydrogen) atoms. The van der Waals surface area contributed by atoms with Crippen LogP contribution in [-0.2, 0) is 16.1 Å². The van der Waals surface area contributed by atoms with E-state index < -0.39 is 0 Å². The van der Waals surface area contributed by atoms with E-state index in [0.29, 0.717) is 26.4 Å². The highest BCUT2D eigenvalue weighted by atomic mass is 16.5. The van der Waals surface area contributed by atoms with Crippen LogP contribution in [-0.4, -0.2) is 25.9 Å². The molecule has 2 N–H and O–H groups in total. The molecule has 0 aromatic heterocycles. The standard InChI is InChI=1S/C12H19NO2/c1-2-15-12(8-13)10-14-9-11-6-4-3-5-7-11/h3-7,12H,2,8-10,13H2,1H3. The van der Waals surface area contributed by atoms with Crippen molar-refractivity contribution in [3.05, 3.63) is 35.9 Å². The molecule has 0 radical (unpaired) electrons. The minimum atomic E-state index is 0.0127. The first-order valence-corrected chi connectivity index (χ1v) is 5.30. The van der Waals surface area contributed by atoms with Crippen LogP contribution in [0, 0.1) is 0 Å². The molecule has 0 spiro atoms. The molecule has 0 saturated carbocycles. The summed E-state index contributed by atoms with van der Waals surface area (Å²) in [4.78, 5) is 0.